The van der Waals surface area contributed by atoms with E-state index in [0.717, 1.165) is 16.8 Å². The zero-order chi connectivity index (χ0) is 31.7. The molecule has 1 aromatic heterocycles. The van der Waals surface area contributed by atoms with Gasteiger partial charge in [-0.15, -0.1) is 18.3 Å². The Bertz CT molecular complexity index is 1620. The van der Waals surface area contributed by atoms with Crippen molar-refractivity contribution in [3.05, 3.63) is 89.0 Å². The second-order valence-corrected chi connectivity index (χ2v) is 10.7. The van der Waals surface area contributed by atoms with Gasteiger partial charge in [0.15, 0.2) is 11.0 Å². The number of carbonyl (C=O) groups is 1. The fourth-order valence-corrected chi connectivity index (χ4v) is 4.62. The Labute approximate surface area is 260 Å². The van der Waals surface area contributed by atoms with Crippen molar-refractivity contribution in [2.24, 2.45) is 4.99 Å². The minimum Gasteiger partial charge on any atom is -0.485 e. The lowest BCUT2D eigenvalue weighted by molar-refractivity contribution is -0.274. The van der Waals surface area contributed by atoms with E-state index in [0.29, 0.717) is 40.5 Å². The molecule has 2 N–H and O–H groups in total. The van der Waals surface area contributed by atoms with E-state index in [4.69, 9.17) is 21.1 Å². The van der Waals surface area contributed by atoms with E-state index >= 15 is 0 Å². The molecule has 0 saturated heterocycles. The van der Waals surface area contributed by atoms with Crippen LogP contribution in [0.4, 0.5) is 29.3 Å². The number of amides is 2. The van der Waals surface area contributed by atoms with Gasteiger partial charge in [0, 0.05) is 24.4 Å². The SMILES string of the molecule is CCS/C(=N\C(=O)Nc1ccc(OCc2ncn(-c3ccc(OC(F)(F)F)cc3)n2)cc1Cl)Nc1cc(C)ccc1COC. The second-order valence-electron chi connectivity index (χ2n) is 9.08. The molecule has 44 heavy (non-hydrogen) atoms. The maximum absolute atomic E-state index is 12.8. The van der Waals surface area contributed by atoms with Crippen molar-refractivity contribution in [2.75, 3.05) is 23.5 Å². The molecule has 232 valence electrons. The van der Waals surface area contributed by atoms with Gasteiger partial charge in [-0.1, -0.05) is 42.4 Å². The molecule has 4 aromatic rings. The Balaban J connectivity index is 1.36. The molecule has 2 amide bonds. The molecule has 0 aliphatic heterocycles. The lowest BCUT2D eigenvalue weighted by Gasteiger charge is -2.14. The number of hydrogen-bond donors (Lipinski definition) is 2. The summed E-state index contributed by atoms with van der Waals surface area (Å²) in [4.78, 5) is 21.1. The summed E-state index contributed by atoms with van der Waals surface area (Å²) >= 11 is 7.78. The molecule has 0 radical (unpaired) electrons. The third kappa shape index (κ3) is 9.62. The van der Waals surface area contributed by atoms with Crippen molar-refractivity contribution in [1.82, 2.24) is 14.8 Å². The van der Waals surface area contributed by atoms with Crippen molar-refractivity contribution in [1.29, 1.82) is 0 Å². The number of urea groups is 1. The molecule has 0 spiro atoms. The minimum atomic E-state index is -4.77. The summed E-state index contributed by atoms with van der Waals surface area (Å²) in [5.74, 6) is 1.06. The third-order valence-electron chi connectivity index (χ3n) is 5.72. The largest absolute Gasteiger partial charge is 0.573 e. The van der Waals surface area contributed by atoms with Gasteiger partial charge in [0.25, 0.3) is 0 Å². The number of alkyl halides is 3. The predicted molar refractivity (Wildman–Crippen MR) is 164 cm³/mol. The van der Waals surface area contributed by atoms with Crippen LogP contribution in [0.3, 0.4) is 0 Å². The van der Waals surface area contributed by atoms with Crippen molar-refractivity contribution < 1.29 is 32.2 Å². The topological polar surface area (TPSA) is 112 Å². The van der Waals surface area contributed by atoms with Crippen molar-refractivity contribution >= 4 is 45.9 Å². The van der Waals surface area contributed by atoms with Crippen molar-refractivity contribution in [3.63, 3.8) is 0 Å². The molecule has 15 heteroatoms. The second kappa shape index (κ2) is 14.9. The van der Waals surface area contributed by atoms with E-state index < -0.39 is 12.4 Å². The van der Waals surface area contributed by atoms with Gasteiger partial charge in [0.05, 0.1) is 23.0 Å². The molecular weight excluding hydrogens is 621 g/mol. The number of rotatable bonds is 10. The number of thioether (sulfide) groups is 1. The maximum Gasteiger partial charge on any atom is 0.573 e. The number of nitrogens with zero attached hydrogens (tertiary/aromatic N) is 4. The number of ether oxygens (including phenoxy) is 3. The quantitative estimate of drug-likeness (QED) is 0.134. The first-order valence-corrected chi connectivity index (χ1v) is 14.5. The number of amidine groups is 1. The Kier molecular flexibility index (Phi) is 11.1. The van der Waals surface area contributed by atoms with E-state index in [1.807, 2.05) is 32.0 Å². The number of benzene rings is 3. The van der Waals surface area contributed by atoms with Crippen LogP contribution in [0.15, 0.2) is 72.0 Å². The summed E-state index contributed by atoms with van der Waals surface area (Å²) in [6, 6.07) is 15.2. The molecule has 3 aromatic carbocycles. The number of carbonyl (C=O) groups excluding carboxylic acids is 1. The Morgan fingerprint density at radius 2 is 1.77 bits per heavy atom. The zero-order valence-corrected chi connectivity index (χ0v) is 25.4. The van der Waals surface area contributed by atoms with Crippen molar-refractivity contribution in [3.8, 4) is 17.2 Å². The normalized spacial score (nSPS) is 11.8. The minimum absolute atomic E-state index is 0.0120. The Morgan fingerprint density at radius 3 is 2.45 bits per heavy atom. The summed E-state index contributed by atoms with van der Waals surface area (Å²) in [6.07, 6.45) is -3.37. The van der Waals surface area contributed by atoms with E-state index in [1.54, 1.807) is 19.2 Å². The van der Waals surface area contributed by atoms with Gasteiger partial charge in [-0.05, 0) is 60.7 Å². The monoisotopic (exact) mass is 648 g/mol. The van der Waals surface area contributed by atoms with Gasteiger partial charge in [0.2, 0.25) is 0 Å². The lowest BCUT2D eigenvalue weighted by Crippen LogP contribution is -2.17. The van der Waals surface area contributed by atoms with E-state index in [9.17, 15) is 18.0 Å². The summed E-state index contributed by atoms with van der Waals surface area (Å²) < 4.78 is 53.4. The molecule has 0 bridgehead atoms. The molecule has 0 saturated carbocycles. The maximum atomic E-state index is 12.8. The number of aliphatic imine (C=N–C) groups is 1. The van der Waals surface area contributed by atoms with Crippen LogP contribution in [0.1, 0.15) is 23.9 Å². The van der Waals surface area contributed by atoms with Gasteiger partial charge in [0.1, 0.15) is 24.4 Å². The highest BCUT2D eigenvalue weighted by Crippen LogP contribution is 2.28. The van der Waals surface area contributed by atoms with Crippen LogP contribution in [0.5, 0.6) is 11.5 Å². The molecule has 1 heterocycles. The van der Waals surface area contributed by atoms with Crippen LogP contribution < -0.4 is 20.1 Å². The first-order chi connectivity index (χ1) is 21.0. The summed E-state index contributed by atoms with van der Waals surface area (Å²) in [5, 5.41) is 10.8. The molecule has 0 aliphatic carbocycles. The van der Waals surface area contributed by atoms with Gasteiger partial charge in [-0.25, -0.2) is 14.5 Å². The highest BCUT2D eigenvalue weighted by atomic mass is 35.5. The number of hydrogen-bond acceptors (Lipinski definition) is 7. The average Bonchev–Trinajstić information content (AvgIpc) is 3.43. The Hall–Kier alpha value is -4.27. The number of aromatic nitrogens is 3. The molecule has 10 nitrogen and oxygen atoms in total. The standard InChI is InChI=1S/C29H28ClF3N6O4S/c1-4-44-28(36-25-13-18(2)5-6-19(25)15-41-3)37-27(40)35-24-12-11-22(14-23(24)30)42-16-26-34-17-39(38-26)20-7-9-21(10-8-20)43-29(31,32)33/h5-14,17H,4,15-16H2,1-3H3,(H2,35,36,37,40). The van der Waals surface area contributed by atoms with Crippen LogP contribution in [0.2, 0.25) is 5.02 Å². The van der Waals surface area contributed by atoms with Crippen molar-refractivity contribution in [2.45, 2.75) is 33.4 Å². The fraction of sp³-hybridized carbons (Fsp3) is 0.241. The van der Waals surface area contributed by atoms with Gasteiger partial charge < -0.3 is 24.8 Å². The molecule has 0 fully saturated rings. The highest BCUT2D eigenvalue weighted by molar-refractivity contribution is 8.14. The first kappa shape index (κ1) is 32.6. The zero-order valence-electron chi connectivity index (χ0n) is 23.8. The van der Waals surface area contributed by atoms with Gasteiger partial charge >= 0.3 is 12.4 Å². The number of nitrogens with one attached hydrogen (secondary N) is 2. The van der Waals surface area contributed by atoms with Crippen LogP contribution in [0, 0.1) is 6.92 Å². The predicted octanol–water partition coefficient (Wildman–Crippen LogP) is 7.61. The molecular formula is C29H28ClF3N6O4S. The molecule has 0 unspecified atom stereocenters. The number of aryl methyl sites for hydroxylation is 1. The number of anilines is 2. The van der Waals surface area contributed by atoms with E-state index in [1.165, 1.54) is 53.1 Å². The lowest BCUT2D eigenvalue weighted by atomic mass is 10.1. The third-order valence-corrected chi connectivity index (χ3v) is 6.78. The van der Waals surface area contributed by atoms with Crippen LogP contribution >= 0.6 is 23.4 Å². The average molecular weight is 649 g/mol. The van der Waals surface area contributed by atoms with Gasteiger partial charge in [-0.3, -0.25) is 0 Å². The first-order valence-electron chi connectivity index (χ1n) is 13.1. The van der Waals surface area contributed by atoms with E-state index in [2.05, 4.69) is 30.4 Å². The van der Waals surface area contributed by atoms with Crippen LogP contribution in [-0.2, 0) is 18.0 Å². The van der Waals surface area contributed by atoms with Gasteiger partial charge in [-0.2, -0.15) is 4.99 Å². The van der Waals surface area contributed by atoms with E-state index in [-0.39, 0.29) is 17.4 Å². The number of methoxy groups -OCH3 is 1. The smallest absolute Gasteiger partial charge is 0.485 e. The Morgan fingerprint density at radius 1 is 1.02 bits per heavy atom. The van der Waals surface area contributed by atoms with Crippen LogP contribution in [-0.4, -0.2) is 45.2 Å². The highest BCUT2D eigenvalue weighted by Gasteiger charge is 2.31. The summed E-state index contributed by atoms with van der Waals surface area (Å²) in [6.45, 7) is 4.32. The fourth-order valence-electron chi connectivity index (χ4n) is 3.79. The number of halogens is 4. The summed E-state index contributed by atoms with van der Waals surface area (Å²) in [7, 11) is 1.61. The molecule has 0 aliphatic rings. The molecule has 0 atom stereocenters. The molecule has 4 rings (SSSR count). The van der Waals surface area contributed by atoms with Crippen LogP contribution in [0.25, 0.3) is 5.69 Å². The summed E-state index contributed by atoms with van der Waals surface area (Å²) in [5.41, 5.74) is 3.59.